The predicted molar refractivity (Wildman–Crippen MR) is 130 cm³/mol. The third kappa shape index (κ3) is 5.04. The summed E-state index contributed by atoms with van der Waals surface area (Å²) in [6.07, 6.45) is 0.866. The molecule has 3 aliphatic rings. The second kappa shape index (κ2) is 10.2. The van der Waals surface area contributed by atoms with Gasteiger partial charge in [-0.25, -0.2) is 14.4 Å². The highest BCUT2D eigenvalue weighted by molar-refractivity contribution is 5.94. The first-order valence-electron chi connectivity index (χ1n) is 13.0. The lowest BCUT2D eigenvalue weighted by Gasteiger charge is -2.43. The number of carbonyl (C=O) groups excluding carboxylic acids is 1. The van der Waals surface area contributed by atoms with Crippen molar-refractivity contribution in [2.75, 3.05) is 31.2 Å². The molecular formula is C27H32F4N4O2. The molecule has 2 aromatic heterocycles. The highest BCUT2D eigenvalue weighted by Gasteiger charge is 2.39. The number of halogens is 4. The van der Waals surface area contributed by atoms with Gasteiger partial charge in [-0.15, -0.1) is 0 Å². The molecule has 2 aliphatic heterocycles. The summed E-state index contributed by atoms with van der Waals surface area (Å²) < 4.78 is 59.4. The van der Waals surface area contributed by atoms with Gasteiger partial charge in [0.1, 0.15) is 5.82 Å². The smallest absolute Gasteiger partial charge is 0.381 e. The summed E-state index contributed by atoms with van der Waals surface area (Å²) in [5.41, 5.74) is 0.0553. The predicted octanol–water partition coefficient (Wildman–Crippen LogP) is 5.30. The molecule has 1 N–H and O–H groups in total. The second-order valence-corrected chi connectivity index (χ2v) is 10.5. The van der Waals surface area contributed by atoms with E-state index in [1.807, 2.05) is 6.20 Å². The van der Waals surface area contributed by atoms with Crippen LogP contribution in [0.15, 0.2) is 24.5 Å². The monoisotopic (exact) mass is 520 g/mol. The molecule has 1 saturated heterocycles. The summed E-state index contributed by atoms with van der Waals surface area (Å²) in [6, 6.07) is 2.98. The zero-order valence-electron chi connectivity index (χ0n) is 21.0. The summed E-state index contributed by atoms with van der Waals surface area (Å²) in [5.74, 6) is -0.137. The second-order valence-electron chi connectivity index (χ2n) is 10.5. The van der Waals surface area contributed by atoms with Gasteiger partial charge in [-0.1, -0.05) is 13.0 Å². The van der Waals surface area contributed by atoms with Crippen LogP contribution in [0.4, 0.5) is 23.4 Å². The van der Waals surface area contributed by atoms with Gasteiger partial charge in [-0.2, -0.15) is 13.2 Å². The van der Waals surface area contributed by atoms with Crippen LogP contribution < -0.4 is 10.2 Å². The Kier molecular flexibility index (Phi) is 7.13. The number of amides is 1. The summed E-state index contributed by atoms with van der Waals surface area (Å²) in [5, 5.41) is 2.78. The maximum atomic E-state index is 14.5. The highest BCUT2D eigenvalue weighted by Crippen LogP contribution is 2.45. The zero-order chi connectivity index (χ0) is 26.3. The minimum atomic E-state index is -4.97. The van der Waals surface area contributed by atoms with E-state index in [4.69, 9.17) is 9.72 Å². The number of carbonyl (C=O) groups is 1. The molecule has 5 atom stereocenters. The molecule has 200 valence electrons. The van der Waals surface area contributed by atoms with Crippen LogP contribution in [0, 0.1) is 17.7 Å². The molecule has 37 heavy (non-hydrogen) atoms. The van der Waals surface area contributed by atoms with Crippen molar-refractivity contribution in [3.63, 3.8) is 0 Å². The van der Waals surface area contributed by atoms with Crippen molar-refractivity contribution in [1.29, 1.82) is 0 Å². The Balaban J connectivity index is 1.36. The number of nitrogens with zero attached hydrogens (tertiary/aromatic N) is 3. The van der Waals surface area contributed by atoms with Crippen molar-refractivity contribution in [2.24, 2.45) is 11.8 Å². The third-order valence-corrected chi connectivity index (χ3v) is 8.29. The number of aromatic nitrogens is 2. The van der Waals surface area contributed by atoms with E-state index in [-0.39, 0.29) is 12.0 Å². The molecule has 4 heterocycles. The molecule has 6 nitrogen and oxygen atoms in total. The van der Waals surface area contributed by atoms with Crippen LogP contribution in [0.1, 0.15) is 78.5 Å². The fraction of sp³-hybridized carbons (Fsp3) is 0.593. The molecule has 0 spiro atoms. The Morgan fingerprint density at radius 2 is 2.03 bits per heavy atom. The van der Waals surface area contributed by atoms with Gasteiger partial charge in [0.2, 0.25) is 0 Å². The van der Waals surface area contributed by atoms with Crippen LogP contribution in [0.2, 0.25) is 0 Å². The van der Waals surface area contributed by atoms with Crippen LogP contribution in [0.5, 0.6) is 0 Å². The fourth-order valence-corrected chi connectivity index (χ4v) is 6.26. The van der Waals surface area contributed by atoms with E-state index in [0.29, 0.717) is 30.6 Å². The molecule has 0 aromatic carbocycles. The quantitative estimate of drug-likeness (QED) is 0.555. The van der Waals surface area contributed by atoms with Gasteiger partial charge in [0.25, 0.3) is 5.91 Å². The normalized spacial score (nSPS) is 27.8. The van der Waals surface area contributed by atoms with Crippen LogP contribution in [0.3, 0.4) is 0 Å². The van der Waals surface area contributed by atoms with Gasteiger partial charge in [-0.3, -0.25) is 4.79 Å². The number of hydrogen-bond acceptors (Lipinski definition) is 5. The Morgan fingerprint density at radius 3 is 2.78 bits per heavy atom. The SMILES string of the molecule is CCN1C[C@@H]2COCCC2c2cc([C@@H]3CC(NC(=O)c4ccnc(C(F)(F)F)c4F)CCC3C)cnc21. The van der Waals surface area contributed by atoms with E-state index >= 15 is 0 Å². The summed E-state index contributed by atoms with van der Waals surface area (Å²) in [4.78, 5) is 23.0. The Bertz CT molecular complexity index is 1160. The van der Waals surface area contributed by atoms with Gasteiger partial charge in [0.05, 0.1) is 12.2 Å². The van der Waals surface area contributed by atoms with Crippen molar-refractivity contribution in [2.45, 2.75) is 63.6 Å². The number of hydrogen-bond donors (Lipinski definition) is 1. The number of pyridine rings is 2. The lowest BCUT2D eigenvalue weighted by Crippen LogP contribution is -2.43. The van der Waals surface area contributed by atoms with E-state index in [0.717, 1.165) is 62.8 Å². The molecule has 3 unspecified atom stereocenters. The first-order valence-corrected chi connectivity index (χ1v) is 13.0. The molecular weight excluding hydrogens is 488 g/mol. The lowest BCUT2D eigenvalue weighted by molar-refractivity contribution is -0.143. The molecule has 10 heteroatoms. The Hall–Kier alpha value is -2.75. The minimum absolute atomic E-state index is 0.125. The maximum Gasteiger partial charge on any atom is 0.436 e. The summed E-state index contributed by atoms with van der Waals surface area (Å²) in [7, 11) is 0. The molecule has 2 fully saturated rings. The molecule has 1 aliphatic carbocycles. The van der Waals surface area contributed by atoms with Gasteiger partial charge in [0, 0.05) is 44.0 Å². The standard InChI is InChI=1S/C27H32F4N4O2/c1-3-35-13-17-14-37-9-7-19(17)22-10-16(12-33-25(22)35)21-11-18(5-4-15(21)2)34-26(36)20-6-8-32-24(23(20)28)27(29,30)31/h6,8,10,12,15,17-19,21H,3-5,7,9,11,13-14H2,1-2H3,(H,34,36)/t15?,17-,18?,19?,21-/m1/s1. The number of anilines is 1. The third-order valence-electron chi connectivity index (χ3n) is 8.29. The summed E-state index contributed by atoms with van der Waals surface area (Å²) in [6.45, 7) is 7.61. The lowest BCUT2D eigenvalue weighted by atomic mass is 9.73. The average Bonchev–Trinajstić information content (AvgIpc) is 2.88. The molecule has 1 amide bonds. The van der Waals surface area contributed by atoms with Crippen molar-refractivity contribution < 1.29 is 27.1 Å². The number of ether oxygens (including phenoxy) is 1. The van der Waals surface area contributed by atoms with Gasteiger partial charge in [0.15, 0.2) is 11.5 Å². The molecule has 0 radical (unpaired) electrons. The van der Waals surface area contributed by atoms with Crippen LogP contribution >= 0.6 is 0 Å². The minimum Gasteiger partial charge on any atom is -0.381 e. The first kappa shape index (κ1) is 25.9. The summed E-state index contributed by atoms with van der Waals surface area (Å²) >= 11 is 0. The topological polar surface area (TPSA) is 67.3 Å². The van der Waals surface area contributed by atoms with Crippen LogP contribution in [-0.4, -0.2) is 48.2 Å². The van der Waals surface area contributed by atoms with E-state index in [1.54, 1.807) is 0 Å². The zero-order valence-corrected chi connectivity index (χ0v) is 21.0. The van der Waals surface area contributed by atoms with Crippen molar-refractivity contribution in [3.8, 4) is 0 Å². The highest BCUT2D eigenvalue weighted by atomic mass is 19.4. The molecule has 5 rings (SSSR count). The van der Waals surface area contributed by atoms with Crippen molar-refractivity contribution in [3.05, 3.63) is 52.7 Å². The molecule has 1 saturated carbocycles. The number of fused-ring (bicyclic) bond motifs is 3. The number of rotatable bonds is 4. The van der Waals surface area contributed by atoms with E-state index in [9.17, 15) is 22.4 Å². The van der Waals surface area contributed by atoms with Gasteiger partial charge in [-0.05, 0) is 67.6 Å². The Morgan fingerprint density at radius 1 is 1.22 bits per heavy atom. The van der Waals surface area contributed by atoms with E-state index in [2.05, 4.69) is 35.1 Å². The van der Waals surface area contributed by atoms with Gasteiger partial charge >= 0.3 is 6.18 Å². The Labute approximate surface area is 213 Å². The number of alkyl halides is 3. The van der Waals surface area contributed by atoms with Crippen molar-refractivity contribution >= 4 is 11.7 Å². The largest absolute Gasteiger partial charge is 0.436 e. The van der Waals surface area contributed by atoms with Gasteiger partial charge < -0.3 is 15.0 Å². The fourth-order valence-electron chi connectivity index (χ4n) is 6.26. The average molecular weight is 521 g/mol. The van der Waals surface area contributed by atoms with Crippen LogP contribution in [-0.2, 0) is 10.9 Å². The first-order chi connectivity index (χ1) is 17.7. The molecule has 2 aromatic rings. The van der Waals surface area contributed by atoms with Crippen molar-refractivity contribution in [1.82, 2.24) is 15.3 Å². The molecule has 0 bridgehead atoms. The van der Waals surface area contributed by atoms with E-state index in [1.165, 1.54) is 5.56 Å². The van der Waals surface area contributed by atoms with Crippen LogP contribution in [0.25, 0.3) is 0 Å². The van der Waals surface area contributed by atoms with E-state index < -0.39 is 29.2 Å². The number of nitrogens with one attached hydrogen (secondary N) is 1. The maximum absolute atomic E-state index is 14.5.